The van der Waals surface area contributed by atoms with Gasteiger partial charge in [-0.05, 0) is 0 Å². The van der Waals surface area contributed by atoms with Crippen LogP contribution in [0.5, 0.6) is 0 Å². The Bertz CT molecular complexity index is 12.9. The first kappa shape index (κ1) is 112. The van der Waals surface area contributed by atoms with Crippen molar-refractivity contribution in [1.82, 2.24) is 0 Å². The zero-order chi connectivity index (χ0) is 0. The second kappa shape index (κ2) is 71.0. The quantitative estimate of drug-likeness (QED) is 0.342. The fraction of sp³-hybridized carbons (Fsp3) is 0. The first-order valence-corrected chi connectivity index (χ1v) is 0. The van der Waals surface area contributed by atoms with Crippen LogP contribution in [0, 0.1) is 0 Å². The molecule has 6 heavy (non-hydrogen) atoms. The molecular weight excluding hydrogens is 161 g/mol. The van der Waals surface area contributed by atoms with Crippen molar-refractivity contribution in [1.29, 1.82) is 0 Å². The van der Waals surface area contributed by atoms with E-state index in [1.54, 1.807) is 0 Å². The van der Waals surface area contributed by atoms with Crippen molar-refractivity contribution in [3.63, 3.8) is 0 Å². The van der Waals surface area contributed by atoms with E-state index in [4.69, 9.17) is 0 Å². The molecule has 0 atom stereocenters. The zero-order valence-corrected chi connectivity index (χ0v) is 7.67. The largest absolute Gasteiger partial charge is 1.00 e. The Labute approximate surface area is 78.7 Å². The van der Waals surface area contributed by atoms with Crippen molar-refractivity contribution >= 4 is 37.2 Å². The third-order valence-electron chi connectivity index (χ3n) is 0. The summed E-state index contributed by atoms with van der Waals surface area (Å²) in [5.74, 6) is 0. The summed E-state index contributed by atoms with van der Waals surface area (Å²) in [7, 11) is 0. The third kappa shape index (κ3) is 41.5. The average molecular weight is 169 g/mol. The maximum atomic E-state index is 0. The van der Waals surface area contributed by atoms with Gasteiger partial charge in [0.05, 0.1) is 0 Å². The van der Waals surface area contributed by atoms with Crippen LogP contribution in [-0.2, 0) is 0 Å². The van der Waals surface area contributed by atoms with Gasteiger partial charge >= 0.3 is 29.6 Å². The monoisotopic (exact) mass is 168 g/mol. The van der Waals surface area contributed by atoms with Crippen LogP contribution in [0.25, 0.3) is 0 Å². The van der Waals surface area contributed by atoms with Gasteiger partial charge in [0.25, 0.3) is 0 Å². The van der Waals surface area contributed by atoms with E-state index in [0.717, 1.165) is 0 Å². The van der Waals surface area contributed by atoms with Crippen molar-refractivity contribution in [3.05, 3.63) is 0 Å². The van der Waals surface area contributed by atoms with Crippen LogP contribution in [-0.4, -0.2) is 11.0 Å². The molecule has 0 aliphatic rings. The summed E-state index contributed by atoms with van der Waals surface area (Å²) in [5.41, 5.74) is 0. The van der Waals surface area contributed by atoms with Crippen LogP contribution in [0.15, 0.2) is 0 Å². The summed E-state index contributed by atoms with van der Waals surface area (Å²) in [5, 5.41) is 0. The minimum atomic E-state index is 0. The molecule has 0 unspecified atom stereocenters. The van der Waals surface area contributed by atoms with Gasteiger partial charge in [0, 0.05) is 0 Å². The molecule has 0 rings (SSSR count). The summed E-state index contributed by atoms with van der Waals surface area (Å²) < 4.78 is 0. The SMILES string of the molecule is Cl.Cl.Cl.O.O.[H-].[Na+]. The van der Waals surface area contributed by atoms with Crippen molar-refractivity contribution in [2.24, 2.45) is 0 Å². The van der Waals surface area contributed by atoms with Crippen molar-refractivity contribution in [2.75, 3.05) is 0 Å². The Balaban J connectivity index is 0. The molecule has 0 spiro atoms. The standard InChI is InChI=1S/3ClH.Na.2H2O.H/h3*1H;;2*1H2;/q;;;+1;;;-1. The second-order valence-corrected chi connectivity index (χ2v) is 0. The fourth-order valence-electron chi connectivity index (χ4n) is 0. The minimum absolute atomic E-state index is 0. The molecule has 4 N–H and O–H groups in total. The molecule has 0 aromatic carbocycles. The number of rotatable bonds is 0. The fourth-order valence-corrected chi connectivity index (χ4v) is 0. The Hall–Kier alpha value is 1.79. The van der Waals surface area contributed by atoms with E-state index in [0.29, 0.717) is 0 Å². The number of hydrogen-bond acceptors (Lipinski definition) is 0. The van der Waals surface area contributed by atoms with Crippen molar-refractivity contribution in [2.45, 2.75) is 0 Å². The van der Waals surface area contributed by atoms with Gasteiger partial charge in [-0.15, -0.1) is 37.2 Å². The third-order valence-corrected chi connectivity index (χ3v) is 0. The molecule has 0 fully saturated rings. The minimum Gasteiger partial charge on any atom is -1.00 e. The van der Waals surface area contributed by atoms with Gasteiger partial charge in [0.2, 0.25) is 0 Å². The molecule has 0 saturated heterocycles. The van der Waals surface area contributed by atoms with Gasteiger partial charge in [0.15, 0.2) is 0 Å². The predicted molar refractivity (Wildman–Crippen MR) is 30.1 cm³/mol. The first-order valence-electron chi connectivity index (χ1n) is 0. The van der Waals surface area contributed by atoms with Gasteiger partial charge in [-0.2, -0.15) is 0 Å². The van der Waals surface area contributed by atoms with E-state index < -0.39 is 0 Å². The molecule has 0 aromatic rings. The Morgan fingerprint density at radius 2 is 0.667 bits per heavy atom. The van der Waals surface area contributed by atoms with Crippen LogP contribution >= 0.6 is 37.2 Å². The zero-order valence-electron chi connectivity index (χ0n) is 4.22. The molecule has 0 aliphatic carbocycles. The smallest absolute Gasteiger partial charge is 1.00 e. The molecule has 2 nitrogen and oxygen atoms in total. The van der Waals surface area contributed by atoms with Crippen LogP contribution in [0.2, 0.25) is 0 Å². The molecular formula is H8Cl3NaO2. The van der Waals surface area contributed by atoms with Gasteiger partial charge in [0.1, 0.15) is 0 Å². The van der Waals surface area contributed by atoms with Crippen LogP contribution < -0.4 is 29.6 Å². The summed E-state index contributed by atoms with van der Waals surface area (Å²) in [6.45, 7) is 0. The molecule has 0 aliphatic heterocycles. The van der Waals surface area contributed by atoms with E-state index >= 15 is 0 Å². The van der Waals surface area contributed by atoms with E-state index in [-0.39, 0.29) is 79.2 Å². The first-order chi connectivity index (χ1) is 0. The number of hydrogen-bond donors (Lipinski definition) is 0. The number of halogens is 3. The summed E-state index contributed by atoms with van der Waals surface area (Å²) >= 11 is 0. The Morgan fingerprint density at radius 3 is 0.667 bits per heavy atom. The topological polar surface area (TPSA) is 63.0 Å². The van der Waals surface area contributed by atoms with Crippen LogP contribution in [0.4, 0.5) is 0 Å². The van der Waals surface area contributed by atoms with Crippen LogP contribution in [0.3, 0.4) is 0 Å². The molecule has 0 bridgehead atoms. The van der Waals surface area contributed by atoms with Crippen LogP contribution in [0.1, 0.15) is 1.43 Å². The molecule has 0 heterocycles. The van der Waals surface area contributed by atoms with Gasteiger partial charge in [-0.3, -0.25) is 0 Å². The van der Waals surface area contributed by atoms with Crippen molar-refractivity contribution < 1.29 is 41.9 Å². The second-order valence-electron chi connectivity index (χ2n) is 0. The summed E-state index contributed by atoms with van der Waals surface area (Å²) in [4.78, 5) is 0. The Morgan fingerprint density at radius 1 is 0.667 bits per heavy atom. The van der Waals surface area contributed by atoms with E-state index in [1.165, 1.54) is 0 Å². The normalized spacial score (nSPS) is 0. The summed E-state index contributed by atoms with van der Waals surface area (Å²) in [6, 6.07) is 0. The van der Waals surface area contributed by atoms with Crippen molar-refractivity contribution in [3.8, 4) is 0 Å². The molecule has 6 heteroatoms. The summed E-state index contributed by atoms with van der Waals surface area (Å²) in [6.07, 6.45) is 0. The Kier molecular flexibility index (Phi) is 1330. The van der Waals surface area contributed by atoms with E-state index in [2.05, 4.69) is 0 Å². The van der Waals surface area contributed by atoms with Gasteiger partial charge in [-0.25, -0.2) is 0 Å². The molecule has 0 aromatic heterocycles. The van der Waals surface area contributed by atoms with Gasteiger partial charge < -0.3 is 12.4 Å². The molecule has 42 valence electrons. The molecule has 0 amide bonds. The maximum Gasteiger partial charge on any atom is 1.00 e. The molecule has 0 saturated carbocycles. The maximum absolute atomic E-state index is 0. The predicted octanol–water partition coefficient (Wildman–Crippen LogP) is -3.27. The van der Waals surface area contributed by atoms with E-state index in [9.17, 15) is 0 Å². The molecule has 0 radical (unpaired) electrons. The average Bonchev–Trinajstić information content (AvgIpc) is 0. The van der Waals surface area contributed by atoms with E-state index in [1.807, 2.05) is 0 Å². The van der Waals surface area contributed by atoms with Gasteiger partial charge in [-0.1, -0.05) is 0 Å².